The van der Waals surface area contributed by atoms with Gasteiger partial charge in [0.15, 0.2) is 11.5 Å². The van der Waals surface area contributed by atoms with Crippen LogP contribution in [0, 0.1) is 5.41 Å². The molecule has 0 fully saturated rings. The molecule has 0 saturated carbocycles. The zero-order valence-corrected chi connectivity index (χ0v) is 20.6. The number of rotatable bonds is 4. The van der Waals surface area contributed by atoms with Crippen molar-refractivity contribution in [3.05, 3.63) is 73.3 Å². The number of amides is 1. The van der Waals surface area contributed by atoms with Gasteiger partial charge in [0.05, 0.1) is 28.6 Å². The lowest BCUT2D eigenvalue weighted by Crippen LogP contribution is -2.27. The number of nitrogens with one attached hydrogen (secondary N) is 3. The first-order valence-corrected chi connectivity index (χ1v) is 11.9. The fourth-order valence-corrected chi connectivity index (χ4v) is 4.12. The highest BCUT2D eigenvalue weighted by molar-refractivity contribution is 5.98. The van der Waals surface area contributed by atoms with E-state index in [4.69, 9.17) is 4.98 Å². The van der Waals surface area contributed by atoms with Gasteiger partial charge >= 0.3 is 0 Å². The molecular formula is C28H24N8O. The van der Waals surface area contributed by atoms with Crippen molar-refractivity contribution in [3.8, 4) is 33.9 Å². The van der Waals surface area contributed by atoms with Crippen LogP contribution in [-0.4, -0.2) is 41.0 Å². The lowest BCUT2D eigenvalue weighted by molar-refractivity contribution is -0.123. The Kier molecular flexibility index (Phi) is 5.26. The monoisotopic (exact) mass is 488 g/mol. The number of aromatic nitrogens is 7. The van der Waals surface area contributed by atoms with E-state index in [1.807, 2.05) is 69.3 Å². The molecule has 5 heterocycles. The minimum Gasteiger partial charge on any atom is -0.335 e. The van der Waals surface area contributed by atoms with Crippen molar-refractivity contribution in [2.45, 2.75) is 20.8 Å². The molecule has 6 rings (SSSR count). The number of aromatic amines is 2. The van der Waals surface area contributed by atoms with Crippen molar-refractivity contribution in [2.75, 3.05) is 5.32 Å². The first-order valence-electron chi connectivity index (χ1n) is 11.9. The molecule has 0 spiro atoms. The van der Waals surface area contributed by atoms with Crippen LogP contribution in [0.1, 0.15) is 20.8 Å². The van der Waals surface area contributed by atoms with Gasteiger partial charge < -0.3 is 10.3 Å². The van der Waals surface area contributed by atoms with Crippen LogP contribution >= 0.6 is 0 Å². The number of hydrogen-bond donors (Lipinski definition) is 3. The van der Waals surface area contributed by atoms with Crippen molar-refractivity contribution in [2.24, 2.45) is 5.41 Å². The molecular weight excluding hydrogens is 464 g/mol. The van der Waals surface area contributed by atoms with E-state index in [0.717, 1.165) is 38.8 Å². The van der Waals surface area contributed by atoms with E-state index in [1.165, 1.54) is 0 Å². The molecule has 182 valence electrons. The standard InChI is InChI=1S/C28H24N8O/c1-28(2,3)27(37)32-18-12-17(14-29-15-18)16-7-8-22-20(13-16)24(36-35-22)26-33-23-19(9-11-31-25(23)34-26)21-6-4-5-10-30-21/h4-15H,1-3H3,(H,32,37)(H,35,36)(H,31,33,34). The summed E-state index contributed by atoms with van der Waals surface area (Å²) >= 11 is 0. The third-order valence-electron chi connectivity index (χ3n) is 6.13. The second-order valence-corrected chi connectivity index (χ2v) is 9.86. The Hall–Kier alpha value is -4.92. The molecule has 0 bridgehead atoms. The number of anilines is 1. The number of pyridine rings is 3. The third-order valence-corrected chi connectivity index (χ3v) is 6.13. The van der Waals surface area contributed by atoms with E-state index in [1.54, 1.807) is 24.8 Å². The molecule has 0 atom stereocenters. The normalized spacial score (nSPS) is 11.8. The van der Waals surface area contributed by atoms with Crippen LogP contribution in [0.2, 0.25) is 0 Å². The van der Waals surface area contributed by atoms with Gasteiger partial charge in [0.25, 0.3) is 0 Å². The van der Waals surface area contributed by atoms with Gasteiger partial charge in [0.1, 0.15) is 5.69 Å². The van der Waals surface area contributed by atoms with Crippen molar-refractivity contribution in [1.82, 2.24) is 35.1 Å². The molecule has 1 amide bonds. The summed E-state index contributed by atoms with van der Waals surface area (Å²) in [5, 5.41) is 11.5. The molecule has 0 aliphatic rings. The Morgan fingerprint density at radius 1 is 0.946 bits per heavy atom. The number of fused-ring (bicyclic) bond motifs is 2. The molecule has 9 nitrogen and oxygen atoms in total. The topological polar surface area (TPSA) is 125 Å². The fraction of sp³-hybridized carbons (Fsp3) is 0.143. The van der Waals surface area contributed by atoms with Crippen LogP contribution in [0.3, 0.4) is 0 Å². The first-order chi connectivity index (χ1) is 17.9. The Morgan fingerprint density at radius 3 is 2.65 bits per heavy atom. The molecule has 3 N–H and O–H groups in total. The second kappa shape index (κ2) is 8.63. The van der Waals surface area contributed by atoms with Crippen molar-refractivity contribution in [1.29, 1.82) is 0 Å². The largest absolute Gasteiger partial charge is 0.335 e. The minimum atomic E-state index is -0.501. The summed E-state index contributed by atoms with van der Waals surface area (Å²) in [4.78, 5) is 33.8. The number of benzene rings is 1. The van der Waals surface area contributed by atoms with Gasteiger partial charge in [0.2, 0.25) is 5.91 Å². The molecule has 37 heavy (non-hydrogen) atoms. The quantitative estimate of drug-likeness (QED) is 0.296. The maximum absolute atomic E-state index is 12.4. The van der Waals surface area contributed by atoms with Crippen molar-refractivity contribution in [3.63, 3.8) is 0 Å². The molecule has 0 unspecified atom stereocenters. The van der Waals surface area contributed by atoms with Crippen LogP contribution in [0.15, 0.2) is 73.3 Å². The zero-order valence-electron chi connectivity index (χ0n) is 20.6. The molecule has 6 aromatic rings. The van der Waals surface area contributed by atoms with Crippen LogP contribution in [-0.2, 0) is 4.79 Å². The van der Waals surface area contributed by atoms with Gasteiger partial charge in [-0.05, 0) is 42.0 Å². The molecule has 0 radical (unpaired) electrons. The average molecular weight is 489 g/mol. The van der Waals surface area contributed by atoms with E-state index < -0.39 is 5.41 Å². The number of carbonyl (C=O) groups is 1. The lowest BCUT2D eigenvalue weighted by atomic mass is 9.95. The van der Waals surface area contributed by atoms with E-state index in [9.17, 15) is 4.79 Å². The summed E-state index contributed by atoms with van der Waals surface area (Å²) < 4.78 is 0. The van der Waals surface area contributed by atoms with Crippen LogP contribution < -0.4 is 5.32 Å². The smallest absolute Gasteiger partial charge is 0.229 e. The highest BCUT2D eigenvalue weighted by Crippen LogP contribution is 2.32. The Bertz CT molecular complexity index is 1760. The lowest BCUT2D eigenvalue weighted by Gasteiger charge is -2.17. The zero-order chi connectivity index (χ0) is 25.6. The van der Waals surface area contributed by atoms with Gasteiger partial charge in [-0.2, -0.15) is 5.10 Å². The van der Waals surface area contributed by atoms with E-state index in [0.29, 0.717) is 22.9 Å². The maximum atomic E-state index is 12.4. The predicted molar refractivity (Wildman–Crippen MR) is 144 cm³/mol. The molecule has 0 saturated heterocycles. The summed E-state index contributed by atoms with van der Waals surface area (Å²) in [5.41, 5.74) is 6.69. The number of imidazole rings is 1. The highest BCUT2D eigenvalue weighted by Gasteiger charge is 2.21. The number of H-pyrrole nitrogens is 2. The average Bonchev–Trinajstić information content (AvgIpc) is 3.52. The minimum absolute atomic E-state index is 0.0670. The SMILES string of the molecule is CC(C)(C)C(=O)Nc1cncc(-c2ccc3[nH]nc(-c4nc5nccc(-c6ccccn6)c5[nH]4)c3c2)c1. The van der Waals surface area contributed by atoms with Gasteiger partial charge in [0, 0.05) is 40.5 Å². The fourth-order valence-electron chi connectivity index (χ4n) is 4.12. The summed E-state index contributed by atoms with van der Waals surface area (Å²) in [5.74, 6) is 0.543. The van der Waals surface area contributed by atoms with E-state index >= 15 is 0 Å². The van der Waals surface area contributed by atoms with Gasteiger partial charge in [-0.3, -0.25) is 19.9 Å². The van der Waals surface area contributed by atoms with E-state index in [2.05, 4.69) is 35.5 Å². The summed E-state index contributed by atoms with van der Waals surface area (Å²) in [7, 11) is 0. The maximum Gasteiger partial charge on any atom is 0.229 e. The van der Waals surface area contributed by atoms with Gasteiger partial charge in [-0.25, -0.2) is 9.97 Å². The molecule has 0 aliphatic heterocycles. The molecule has 0 aliphatic carbocycles. The second-order valence-electron chi connectivity index (χ2n) is 9.86. The van der Waals surface area contributed by atoms with Crippen molar-refractivity contribution >= 4 is 33.7 Å². The van der Waals surface area contributed by atoms with Crippen molar-refractivity contribution < 1.29 is 4.79 Å². The van der Waals surface area contributed by atoms with Gasteiger partial charge in [-0.15, -0.1) is 0 Å². The van der Waals surface area contributed by atoms with Crippen LogP contribution in [0.25, 0.3) is 56.0 Å². The van der Waals surface area contributed by atoms with Crippen LogP contribution in [0.5, 0.6) is 0 Å². The van der Waals surface area contributed by atoms with Crippen LogP contribution in [0.4, 0.5) is 5.69 Å². The number of hydrogen-bond acceptors (Lipinski definition) is 6. The van der Waals surface area contributed by atoms with Gasteiger partial charge in [-0.1, -0.05) is 32.9 Å². The molecule has 1 aromatic carbocycles. The molecule has 5 aromatic heterocycles. The summed E-state index contributed by atoms with van der Waals surface area (Å²) in [6.45, 7) is 5.63. The molecule has 9 heteroatoms. The number of carbonyl (C=O) groups excluding carboxylic acids is 1. The Balaban J connectivity index is 1.40. The van der Waals surface area contributed by atoms with E-state index in [-0.39, 0.29) is 5.91 Å². The third kappa shape index (κ3) is 4.20. The predicted octanol–water partition coefficient (Wildman–Crippen LogP) is 5.61. The Labute approximate surface area is 212 Å². The number of nitrogens with zero attached hydrogens (tertiary/aromatic N) is 5. The summed E-state index contributed by atoms with van der Waals surface area (Å²) in [6.07, 6.45) is 6.92. The first kappa shape index (κ1) is 22.5. The highest BCUT2D eigenvalue weighted by atomic mass is 16.2. The summed E-state index contributed by atoms with van der Waals surface area (Å²) in [6, 6.07) is 15.6. The Morgan fingerprint density at radius 2 is 1.84 bits per heavy atom.